The van der Waals surface area contributed by atoms with E-state index in [0.717, 1.165) is 23.2 Å². The van der Waals surface area contributed by atoms with Crippen LogP contribution in [0.3, 0.4) is 0 Å². The Labute approximate surface area is 236 Å². The van der Waals surface area contributed by atoms with Crippen molar-refractivity contribution < 1.29 is 28.6 Å². The van der Waals surface area contributed by atoms with E-state index in [1.165, 1.54) is 5.56 Å². The fraction of sp³-hybridized carbons (Fsp3) is 0.516. The van der Waals surface area contributed by atoms with Crippen LogP contribution in [-0.2, 0) is 43.4 Å². The van der Waals surface area contributed by atoms with E-state index in [-0.39, 0.29) is 42.8 Å². The number of ether oxygens (including phenoxy) is 3. The molecule has 216 valence electrons. The number of benzene rings is 2. The zero-order valence-corrected chi connectivity index (χ0v) is 23.8. The van der Waals surface area contributed by atoms with Crippen LogP contribution in [0.5, 0.6) is 0 Å². The zero-order chi connectivity index (χ0) is 28.5. The maximum Gasteiger partial charge on any atom is 0.410 e. The summed E-state index contributed by atoms with van der Waals surface area (Å²) in [4.78, 5) is 40.9. The second-order valence-corrected chi connectivity index (χ2v) is 11.0. The first kappa shape index (κ1) is 29.6. The molecule has 2 aliphatic rings. The van der Waals surface area contributed by atoms with Gasteiger partial charge in [-0.3, -0.25) is 14.5 Å². The lowest BCUT2D eigenvalue weighted by Crippen LogP contribution is -2.49. The SMILES string of the molecule is CCOC(=O)CCN1Cc2cc(NC(=O)COC3CCN(C(=O)OCc4ccccc4)CC3)ccc2CC1(C)C. The molecular formula is C31H41N3O6. The Kier molecular flexibility index (Phi) is 10.2. The van der Waals surface area contributed by atoms with Crippen molar-refractivity contribution in [2.24, 2.45) is 0 Å². The van der Waals surface area contributed by atoms with E-state index in [4.69, 9.17) is 14.2 Å². The van der Waals surface area contributed by atoms with Crippen LogP contribution < -0.4 is 5.32 Å². The molecule has 40 heavy (non-hydrogen) atoms. The van der Waals surface area contributed by atoms with Crippen molar-refractivity contribution in [3.63, 3.8) is 0 Å². The van der Waals surface area contributed by atoms with E-state index in [9.17, 15) is 14.4 Å². The molecule has 9 heteroatoms. The van der Waals surface area contributed by atoms with E-state index in [1.54, 1.807) is 4.90 Å². The van der Waals surface area contributed by atoms with Crippen LogP contribution in [0, 0.1) is 0 Å². The first-order valence-electron chi connectivity index (χ1n) is 14.1. The standard InChI is InChI=1S/C31H41N3O6/c1-4-38-29(36)14-17-34-20-25-18-26(11-10-24(25)19-31(34,2)3)32-28(35)22-39-27-12-15-33(16-13-27)30(37)40-21-23-8-6-5-7-9-23/h5-11,18,27H,4,12-17,19-22H2,1-3H3,(H,32,35). The lowest BCUT2D eigenvalue weighted by atomic mass is 9.85. The van der Waals surface area contributed by atoms with Crippen LogP contribution in [0.4, 0.5) is 10.5 Å². The smallest absolute Gasteiger partial charge is 0.410 e. The summed E-state index contributed by atoms with van der Waals surface area (Å²) in [5, 5.41) is 2.95. The number of hydrogen-bond acceptors (Lipinski definition) is 7. The third-order valence-electron chi connectivity index (χ3n) is 7.58. The van der Waals surface area contributed by atoms with Crippen molar-refractivity contribution in [2.75, 3.05) is 38.2 Å². The van der Waals surface area contributed by atoms with Crippen LogP contribution in [-0.4, -0.2) is 72.3 Å². The summed E-state index contributed by atoms with van der Waals surface area (Å²) in [6.07, 6.45) is 2.13. The van der Waals surface area contributed by atoms with Gasteiger partial charge in [0.2, 0.25) is 5.91 Å². The zero-order valence-electron chi connectivity index (χ0n) is 23.8. The van der Waals surface area contributed by atoms with Gasteiger partial charge in [0.1, 0.15) is 13.2 Å². The van der Waals surface area contributed by atoms with E-state index >= 15 is 0 Å². The Balaban J connectivity index is 1.20. The second kappa shape index (κ2) is 13.8. The van der Waals surface area contributed by atoms with Crippen molar-refractivity contribution in [1.82, 2.24) is 9.80 Å². The third-order valence-corrected chi connectivity index (χ3v) is 7.58. The first-order valence-corrected chi connectivity index (χ1v) is 14.1. The molecule has 0 spiro atoms. The molecule has 9 nitrogen and oxygen atoms in total. The van der Waals surface area contributed by atoms with E-state index in [0.29, 0.717) is 52.0 Å². The average molecular weight is 552 g/mol. The van der Waals surface area contributed by atoms with Gasteiger partial charge >= 0.3 is 12.1 Å². The lowest BCUT2D eigenvalue weighted by molar-refractivity contribution is -0.143. The highest BCUT2D eigenvalue weighted by molar-refractivity contribution is 5.91. The normalized spacial score (nSPS) is 17.1. The Bertz CT molecular complexity index is 1160. The molecule has 2 aliphatic heterocycles. The van der Waals surface area contributed by atoms with E-state index in [2.05, 4.69) is 30.1 Å². The van der Waals surface area contributed by atoms with Gasteiger partial charge in [-0.15, -0.1) is 0 Å². The number of likely N-dealkylation sites (tertiary alicyclic amines) is 1. The largest absolute Gasteiger partial charge is 0.466 e. The fourth-order valence-corrected chi connectivity index (χ4v) is 5.27. The predicted molar refractivity (Wildman–Crippen MR) is 152 cm³/mol. The van der Waals surface area contributed by atoms with Gasteiger partial charge in [0.25, 0.3) is 0 Å². The topological polar surface area (TPSA) is 97.4 Å². The maximum atomic E-state index is 12.6. The highest BCUT2D eigenvalue weighted by atomic mass is 16.6. The Morgan fingerprint density at radius 2 is 1.75 bits per heavy atom. The molecule has 0 unspecified atom stereocenters. The molecule has 1 fully saturated rings. The van der Waals surface area contributed by atoms with Crippen LogP contribution >= 0.6 is 0 Å². The van der Waals surface area contributed by atoms with Crippen molar-refractivity contribution in [3.8, 4) is 0 Å². The van der Waals surface area contributed by atoms with Crippen LogP contribution in [0.15, 0.2) is 48.5 Å². The number of piperidine rings is 1. The highest BCUT2D eigenvalue weighted by Gasteiger charge is 2.33. The summed E-state index contributed by atoms with van der Waals surface area (Å²) in [5.74, 6) is -0.390. The summed E-state index contributed by atoms with van der Waals surface area (Å²) < 4.78 is 16.4. The molecule has 2 heterocycles. The minimum Gasteiger partial charge on any atom is -0.466 e. The molecule has 2 amide bonds. The molecular weight excluding hydrogens is 510 g/mol. The molecule has 0 atom stereocenters. The number of fused-ring (bicyclic) bond motifs is 1. The van der Waals surface area contributed by atoms with E-state index < -0.39 is 0 Å². The monoisotopic (exact) mass is 551 g/mol. The van der Waals surface area contributed by atoms with Crippen LogP contribution in [0.2, 0.25) is 0 Å². The first-order chi connectivity index (χ1) is 19.2. The summed E-state index contributed by atoms with van der Waals surface area (Å²) >= 11 is 0. The average Bonchev–Trinajstić information content (AvgIpc) is 2.94. The van der Waals surface area contributed by atoms with Gasteiger partial charge in [-0.25, -0.2) is 4.79 Å². The molecule has 0 aromatic heterocycles. The van der Waals surface area contributed by atoms with Gasteiger partial charge < -0.3 is 24.4 Å². The van der Waals surface area contributed by atoms with E-state index in [1.807, 2.05) is 49.4 Å². The summed E-state index contributed by atoms with van der Waals surface area (Å²) in [7, 11) is 0. The quantitative estimate of drug-likeness (QED) is 0.433. The number of hydrogen-bond donors (Lipinski definition) is 1. The molecule has 2 aromatic rings. The second-order valence-electron chi connectivity index (χ2n) is 11.0. The summed E-state index contributed by atoms with van der Waals surface area (Å²) in [6, 6.07) is 15.6. The summed E-state index contributed by atoms with van der Waals surface area (Å²) in [5.41, 5.74) is 4.00. The Morgan fingerprint density at radius 1 is 1.00 bits per heavy atom. The number of carbonyl (C=O) groups is 3. The molecule has 0 aliphatic carbocycles. The molecule has 1 saturated heterocycles. The number of nitrogens with zero attached hydrogens (tertiary/aromatic N) is 2. The Morgan fingerprint density at radius 3 is 2.48 bits per heavy atom. The van der Waals surface area contributed by atoms with Gasteiger partial charge in [-0.2, -0.15) is 0 Å². The Hall–Kier alpha value is -3.43. The number of carbonyl (C=O) groups excluding carboxylic acids is 3. The number of rotatable bonds is 10. The molecule has 0 saturated carbocycles. The van der Waals surface area contributed by atoms with Crippen molar-refractivity contribution in [2.45, 2.75) is 71.2 Å². The third kappa shape index (κ3) is 8.29. The predicted octanol–water partition coefficient (Wildman–Crippen LogP) is 4.53. The van der Waals surface area contributed by atoms with Crippen LogP contribution in [0.1, 0.15) is 56.7 Å². The van der Waals surface area contributed by atoms with Gasteiger partial charge in [-0.1, -0.05) is 36.4 Å². The number of anilines is 1. The van der Waals surface area contributed by atoms with Crippen molar-refractivity contribution >= 4 is 23.7 Å². The summed E-state index contributed by atoms with van der Waals surface area (Å²) in [6.45, 7) is 9.19. The van der Waals surface area contributed by atoms with Crippen molar-refractivity contribution in [1.29, 1.82) is 0 Å². The number of esters is 1. The van der Waals surface area contributed by atoms with Gasteiger partial charge in [0.15, 0.2) is 0 Å². The number of amides is 2. The lowest BCUT2D eigenvalue weighted by Gasteiger charge is -2.43. The van der Waals surface area contributed by atoms with Crippen LogP contribution in [0.25, 0.3) is 0 Å². The molecule has 0 bridgehead atoms. The molecule has 0 radical (unpaired) electrons. The van der Waals surface area contributed by atoms with Gasteiger partial charge in [0, 0.05) is 37.4 Å². The van der Waals surface area contributed by atoms with Gasteiger partial charge in [-0.05, 0) is 68.9 Å². The fourth-order valence-electron chi connectivity index (χ4n) is 5.27. The molecule has 2 aromatic carbocycles. The minimum atomic E-state index is -0.324. The van der Waals surface area contributed by atoms with Gasteiger partial charge in [0.05, 0.1) is 19.1 Å². The van der Waals surface area contributed by atoms with Crippen molar-refractivity contribution in [3.05, 3.63) is 65.2 Å². The maximum absolute atomic E-state index is 12.6. The molecule has 4 rings (SSSR count). The molecule has 1 N–H and O–H groups in total. The highest BCUT2D eigenvalue weighted by Crippen LogP contribution is 2.32. The number of nitrogens with one attached hydrogen (secondary N) is 1. The minimum absolute atomic E-state index is 0.0428.